The number of furan rings is 1. The Labute approximate surface area is 121 Å². The molecule has 0 bridgehead atoms. The standard InChI is InChI=1S/C13H16Cl2N2O2/c1-3-8-13(15)9(17(4-2)16-8)7-10(18)11-5-6-12(14)19-11/h5-6,10,18H,3-4,7H2,1-2H3. The molecule has 2 aromatic heterocycles. The van der Waals surface area contributed by atoms with Crippen LogP contribution in [-0.2, 0) is 19.4 Å². The van der Waals surface area contributed by atoms with Crippen LogP contribution in [0.25, 0.3) is 0 Å². The van der Waals surface area contributed by atoms with Gasteiger partial charge in [0.05, 0.1) is 16.4 Å². The maximum atomic E-state index is 10.2. The van der Waals surface area contributed by atoms with Crippen molar-refractivity contribution in [2.24, 2.45) is 0 Å². The summed E-state index contributed by atoms with van der Waals surface area (Å²) in [6, 6.07) is 3.27. The molecule has 1 unspecified atom stereocenters. The second-order valence-electron chi connectivity index (χ2n) is 4.24. The minimum Gasteiger partial charge on any atom is -0.447 e. The molecule has 0 amide bonds. The Morgan fingerprint density at radius 2 is 2.11 bits per heavy atom. The maximum absolute atomic E-state index is 10.2. The molecule has 0 aromatic carbocycles. The minimum atomic E-state index is -0.781. The molecule has 0 saturated carbocycles. The highest BCUT2D eigenvalue weighted by Crippen LogP contribution is 2.28. The molecule has 0 aliphatic rings. The highest BCUT2D eigenvalue weighted by molar-refractivity contribution is 6.31. The molecule has 19 heavy (non-hydrogen) atoms. The molecule has 104 valence electrons. The first-order valence-electron chi connectivity index (χ1n) is 6.24. The molecule has 4 nitrogen and oxygen atoms in total. The van der Waals surface area contributed by atoms with E-state index < -0.39 is 6.10 Å². The number of hydrogen-bond acceptors (Lipinski definition) is 3. The van der Waals surface area contributed by atoms with Gasteiger partial charge in [0.1, 0.15) is 11.9 Å². The molecule has 0 saturated heterocycles. The summed E-state index contributed by atoms with van der Waals surface area (Å²) in [6.45, 7) is 4.70. The Kier molecular flexibility index (Phi) is 4.55. The molecule has 0 spiro atoms. The van der Waals surface area contributed by atoms with Gasteiger partial charge in [0.25, 0.3) is 0 Å². The first kappa shape index (κ1) is 14.4. The predicted octanol–water partition coefficient (Wildman–Crippen LogP) is 3.64. The number of aryl methyl sites for hydroxylation is 2. The van der Waals surface area contributed by atoms with Crippen LogP contribution in [0.4, 0.5) is 0 Å². The molecule has 0 fully saturated rings. The van der Waals surface area contributed by atoms with Gasteiger partial charge in [-0.05, 0) is 37.1 Å². The van der Waals surface area contributed by atoms with Crippen molar-refractivity contribution in [3.63, 3.8) is 0 Å². The summed E-state index contributed by atoms with van der Waals surface area (Å²) in [5.74, 6) is 0.433. The van der Waals surface area contributed by atoms with Crippen molar-refractivity contribution in [2.45, 2.75) is 39.3 Å². The van der Waals surface area contributed by atoms with Gasteiger partial charge in [-0.1, -0.05) is 18.5 Å². The fraction of sp³-hybridized carbons (Fsp3) is 0.462. The molecule has 1 atom stereocenters. The second-order valence-corrected chi connectivity index (χ2v) is 4.99. The van der Waals surface area contributed by atoms with Gasteiger partial charge in [-0.3, -0.25) is 4.68 Å². The summed E-state index contributed by atoms with van der Waals surface area (Å²) < 4.78 is 7.02. The number of hydrogen-bond donors (Lipinski definition) is 1. The van der Waals surface area contributed by atoms with E-state index in [9.17, 15) is 5.11 Å². The Morgan fingerprint density at radius 3 is 2.63 bits per heavy atom. The van der Waals surface area contributed by atoms with Crippen LogP contribution < -0.4 is 0 Å². The number of rotatable bonds is 5. The summed E-state index contributed by atoms with van der Waals surface area (Å²) in [5, 5.41) is 15.5. The molecule has 2 heterocycles. The van der Waals surface area contributed by atoms with Crippen molar-refractivity contribution >= 4 is 23.2 Å². The van der Waals surface area contributed by atoms with Crippen LogP contribution in [0.5, 0.6) is 0 Å². The Morgan fingerprint density at radius 1 is 1.37 bits per heavy atom. The largest absolute Gasteiger partial charge is 0.447 e. The zero-order valence-electron chi connectivity index (χ0n) is 10.9. The first-order valence-corrected chi connectivity index (χ1v) is 6.99. The van der Waals surface area contributed by atoms with Gasteiger partial charge < -0.3 is 9.52 Å². The van der Waals surface area contributed by atoms with Crippen LogP contribution >= 0.6 is 23.2 Å². The van der Waals surface area contributed by atoms with Gasteiger partial charge in [0.15, 0.2) is 5.22 Å². The quantitative estimate of drug-likeness (QED) is 0.917. The third-order valence-electron chi connectivity index (χ3n) is 3.00. The maximum Gasteiger partial charge on any atom is 0.193 e. The van der Waals surface area contributed by atoms with Gasteiger partial charge >= 0.3 is 0 Å². The molecule has 0 radical (unpaired) electrons. The third kappa shape index (κ3) is 2.96. The van der Waals surface area contributed by atoms with Crippen LogP contribution in [0.3, 0.4) is 0 Å². The van der Waals surface area contributed by atoms with Crippen LogP contribution in [0.15, 0.2) is 16.5 Å². The van der Waals surface area contributed by atoms with Crippen LogP contribution in [0.1, 0.15) is 37.1 Å². The summed E-state index contributed by atoms with van der Waals surface area (Å²) in [4.78, 5) is 0. The predicted molar refractivity (Wildman–Crippen MR) is 74.7 cm³/mol. The molecule has 6 heteroatoms. The van der Waals surface area contributed by atoms with Gasteiger partial charge in [0.2, 0.25) is 0 Å². The minimum absolute atomic E-state index is 0.262. The average Bonchev–Trinajstić information content (AvgIpc) is 2.95. The summed E-state index contributed by atoms with van der Waals surface area (Å²) >= 11 is 12.0. The van der Waals surface area contributed by atoms with E-state index in [0.29, 0.717) is 23.7 Å². The number of halogens is 2. The summed E-state index contributed by atoms with van der Waals surface area (Å²) in [6.07, 6.45) is 0.335. The normalized spacial score (nSPS) is 12.9. The van der Waals surface area contributed by atoms with E-state index in [0.717, 1.165) is 17.8 Å². The lowest BCUT2D eigenvalue weighted by Crippen LogP contribution is -2.08. The SMILES string of the molecule is CCc1nn(CC)c(CC(O)c2ccc(Cl)o2)c1Cl. The number of aliphatic hydroxyl groups excluding tert-OH is 1. The van der Waals surface area contributed by atoms with Crippen molar-refractivity contribution < 1.29 is 9.52 Å². The van der Waals surface area contributed by atoms with Crippen molar-refractivity contribution in [2.75, 3.05) is 0 Å². The van der Waals surface area contributed by atoms with Gasteiger partial charge in [0, 0.05) is 13.0 Å². The third-order valence-corrected chi connectivity index (χ3v) is 3.64. The lowest BCUT2D eigenvalue weighted by atomic mass is 10.1. The fourth-order valence-electron chi connectivity index (χ4n) is 2.00. The zero-order chi connectivity index (χ0) is 14.0. The Hall–Kier alpha value is -0.970. The molecule has 2 rings (SSSR count). The van der Waals surface area contributed by atoms with Crippen LogP contribution in [0.2, 0.25) is 10.2 Å². The number of aliphatic hydroxyl groups is 1. The van der Waals surface area contributed by atoms with E-state index in [2.05, 4.69) is 5.10 Å². The fourth-order valence-corrected chi connectivity index (χ4v) is 2.50. The Balaban J connectivity index is 2.25. The van der Waals surface area contributed by atoms with E-state index >= 15 is 0 Å². The highest BCUT2D eigenvalue weighted by atomic mass is 35.5. The molecule has 2 aromatic rings. The summed E-state index contributed by atoms with van der Waals surface area (Å²) in [7, 11) is 0. The molecular weight excluding hydrogens is 287 g/mol. The van der Waals surface area contributed by atoms with Crippen molar-refractivity contribution in [1.29, 1.82) is 0 Å². The average molecular weight is 303 g/mol. The Bertz CT molecular complexity index is 563. The zero-order valence-corrected chi connectivity index (χ0v) is 12.4. The van der Waals surface area contributed by atoms with Gasteiger partial charge in [-0.15, -0.1) is 0 Å². The highest BCUT2D eigenvalue weighted by Gasteiger charge is 2.20. The topological polar surface area (TPSA) is 51.2 Å². The lowest BCUT2D eigenvalue weighted by molar-refractivity contribution is 0.148. The first-order chi connectivity index (χ1) is 9.06. The number of aromatic nitrogens is 2. The number of nitrogens with zero attached hydrogens (tertiary/aromatic N) is 2. The molecule has 0 aliphatic heterocycles. The lowest BCUT2D eigenvalue weighted by Gasteiger charge is -2.09. The molecule has 1 N–H and O–H groups in total. The van der Waals surface area contributed by atoms with E-state index in [1.54, 1.807) is 12.1 Å². The monoisotopic (exact) mass is 302 g/mol. The van der Waals surface area contributed by atoms with Crippen molar-refractivity contribution in [3.05, 3.63) is 39.5 Å². The van der Waals surface area contributed by atoms with E-state index in [-0.39, 0.29) is 5.22 Å². The second kappa shape index (κ2) is 5.99. The van der Waals surface area contributed by atoms with E-state index in [4.69, 9.17) is 27.6 Å². The van der Waals surface area contributed by atoms with Gasteiger partial charge in [-0.25, -0.2) is 0 Å². The van der Waals surface area contributed by atoms with E-state index in [1.165, 1.54) is 0 Å². The molecule has 0 aliphatic carbocycles. The summed E-state index contributed by atoms with van der Waals surface area (Å²) in [5.41, 5.74) is 1.67. The van der Waals surface area contributed by atoms with Crippen LogP contribution in [-0.4, -0.2) is 14.9 Å². The molecular formula is C13H16Cl2N2O2. The van der Waals surface area contributed by atoms with Crippen molar-refractivity contribution in [3.8, 4) is 0 Å². The van der Waals surface area contributed by atoms with Gasteiger partial charge in [-0.2, -0.15) is 5.10 Å². The van der Waals surface area contributed by atoms with E-state index in [1.807, 2.05) is 18.5 Å². The smallest absolute Gasteiger partial charge is 0.193 e. The van der Waals surface area contributed by atoms with Crippen LogP contribution in [0, 0.1) is 0 Å². The van der Waals surface area contributed by atoms with Crippen molar-refractivity contribution in [1.82, 2.24) is 9.78 Å².